The standard InChI is InChI=1S/C31H34N4O5S/c1-4-28(29(36)32-26-7-5-6-8-27(26)39-3)41-31-33-25-14-11-22(34-15-17-40-18-16-34)19-24(25)30(37)35(31)20-21-9-12-23(38-2)13-10-21/h5-14,19,28H,4,15-18,20H2,1-3H3,(H,32,36). The fraction of sp³-hybridized carbons (Fsp3) is 0.323. The van der Waals surface area contributed by atoms with Gasteiger partial charge >= 0.3 is 0 Å². The molecule has 214 valence electrons. The minimum absolute atomic E-state index is 0.150. The summed E-state index contributed by atoms with van der Waals surface area (Å²) in [4.78, 5) is 34.6. The monoisotopic (exact) mass is 574 g/mol. The minimum Gasteiger partial charge on any atom is -0.497 e. The molecular weight excluding hydrogens is 540 g/mol. The van der Waals surface area contributed by atoms with Gasteiger partial charge < -0.3 is 24.4 Å². The van der Waals surface area contributed by atoms with Crippen LogP contribution >= 0.6 is 11.8 Å². The molecule has 0 spiro atoms. The summed E-state index contributed by atoms with van der Waals surface area (Å²) in [5.41, 5.74) is 2.94. The van der Waals surface area contributed by atoms with E-state index in [1.54, 1.807) is 30.9 Å². The van der Waals surface area contributed by atoms with Crippen LogP contribution in [0, 0.1) is 0 Å². The predicted octanol–water partition coefficient (Wildman–Crippen LogP) is 4.81. The van der Waals surface area contributed by atoms with Crippen LogP contribution in [0.25, 0.3) is 10.9 Å². The molecule has 9 nitrogen and oxygen atoms in total. The molecule has 1 atom stereocenters. The number of nitrogens with zero attached hydrogens (tertiary/aromatic N) is 3. The molecule has 1 saturated heterocycles. The van der Waals surface area contributed by atoms with Gasteiger partial charge in [0.15, 0.2) is 5.16 Å². The van der Waals surface area contributed by atoms with Crippen LogP contribution in [0.2, 0.25) is 0 Å². The first kappa shape index (κ1) is 28.5. The van der Waals surface area contributed by atoms with Gasteiger partial charge in [-0.1, -0.05) is 43.0 Å². The summed E-state index contributed by atoms with van der Waals surface area (Å²) in [6, 6.07) is 20.7. The quantitative estimate of drug-likeness (QED) is 0.213. The van der Waals surface area contributed by atoms with E-state index in [2.05, 4.69) is 10.2 Å². The normalized spacial score (nSPS) is 14.1. The second-order valence-electron chi connectivity index (χ2n) is 9.64. The smallest absolute Gasteiger partial charge is 0.262 e. The van der Waals surface area contributed by atoms with E-state index >= 15 is 0 Å². The van der Waals surface area contributed by atoms with Crippen molar-refractivity contribution in [3.8, 4) is 11.5 Å². The van der Waals surface area contributed by atoms with Crippen LogP contribution in [0.4, 0.5) is 11.4 Å². The van der Waals surface area contributed by atoms with E-state index in [-0.39, 0.29) is 11.5 Å². The van der Waals surface area contributed by atoms with Gasteiger partial charge in [0.1, 0.15) is 11.5 Å². The number of methoxy groups -OCH3 is 2. The summed E-state index contributed by atoms with van der Waals surface area (Å²) in [6.45, 7) is 5.10. The van der Waals surface area contributed by atoms with Crippen molar-refractivity contribution in [1.82, 2.24) is 9.55 Å². The third-order valence-corrected chi connectivity index (χ3v) is 8.41. The van der Waals surface area contributed by atoms with E-state index in [9.17, 15) is 9.59 Å². The van der Waals surface area contributed by atoms with Crippen molar-refractivity contribution in [2.24, 2.45) is 0 Å². The number of thioether (sulfide) groups is 1. The Labute approximate surface area is 243 Å². The average molecular weight is 575 g/mol. The molecular formula is C31H34N4O5S. The zero-order valence-corrected chi connectivity index (χ0v) is 24.3. The largest absolute Gasteiger partial charge is 0.497 e. The summed E-state index contributed by atoms with van der Waals surface area (Å²) in [7, 11) is 3.19. The maximum Gasteiger partial charge on any atom is 0.262 e. The molecule has 2 heterocycles. The van der Waals surface area contributed by atoms with Crippen molar-refractivity contribution in [3.05, 3.63) is 82.6 Å². The number of carbonyl (C=O) groups is 1. The lowest BCUT2D eigenvalue weighted by molar-refractivity contribution is -0.115. The van der Waals surface area contributed by atoms with Crippen molar-refractivity contribution in [2.45, 2.75) is 30.3 Å². The number of amides is 1. The van der Waals surface area contributed by atoms with Crippen molar-refractivity contribution in [1.29, 1.82) is 0 Å². The predicted molar refractivity (Wildman–Crippen MR) is 163 cm³/mol. The van der Waals surface area contributed by atoms with E-state index < -0.39 is 5.25 Å². The third kappa shape index (κ3) is 6.49. The van der Waals surface area contributed by atoms with Crippen molar-refractivity contribution < 1.29 is 19.0 Å². The molecule has 1 aliphatic rings. The molecule has 0 aliphatic carbocycles. The molecule has 0 bridgehead atoms. The van der Waals surface area contributed by atoms with Gasteiger partial charge in [-0.3, -0.25) is 14.2 Å². The Balaban J connectivity index is 1.51. The number of carbonyl (C=O) groups excluding carboxylic acids is 1. The highest BCUT2D eigenvalue weighted by atomic mass is 32.2. The van der Waals surface area contributed by atoms with Crippen LogP contribution in [0.1, 0.15) is 18.9 Å². The first-order valence-electron chi connectivity index (χ1n) is 13.6. The van der Waals surface area contributed by atoms with Gasteiger partial charge in [-0.15, -0.1) is 0 Å². The van der Waals surface area contributed by atoms with E-state index in [1.165, 1.54) is 11.8 Å². The number of fused-ring (bicyclic) bond motifs is 1. The van der Waals surface area contributed by atoms with Gasteiger partial charge in [0.05, 0.1) is 55.8 Å². The molecule has 1 N–H and O–H groups in total. The number of hydrogen-bond donors (Lipinski definition) is 1. The van der Waals surface area contributed by atoms with Crippen LogP contribution in [0.5, 0.6) is 11.5 Å². The van der Waals surface area contributed by atoms with Gasteiger partial charge in [-0.2, -0.15) is 0 Å². The molecule has 1 unspecified atom stereocenters. The first-order valence-corrected chi connectivity index (χ1v) is 14.5. The topological polar surface area (TPSA) is 94.9 Å². The highest BCUT2D eigenvalue weighted by Gasteiger charge is 2.24. The summed E-state index contributed by atoms with van der Waals surface area (Å²) < 4.78 is 17.9. The van der Waals surface area contributed by atoms with Crippen LogP contribution in [-0.2, 0) is 16.1 Å². The van der Waals surface area contributed by atoms with Gasteiger partial charge in [0, 0.05) is 18.8 Å². The Morgan fingerprint density at radius 3 is 2.51 bits per heavy atom. The Morgan fingerprint density at radius 2 is 1.80 bits per heavy atom. The number of aromatic nitrogens is 2. The zero-order chi connectivity index (χ0) is 28.8. The number of morpholine rings is 1. The number of benzene rings is 3. The summed E-state index contributed by atoms with van der Waals surface area (Å²) in [5, 5.41) is 3.52. The molecule has 1 fully saturated rings. The minimum atomic E-state index is -0.487. The Hall–Kier alpha value is -4.02. The van der Waals surface area contributed by atoms with Crippen molar-refractivity contribution in [2.75, 3.05) is 50.7 Å². The Morgan fingerprint density at radius 1 is 1.05 bits per heavy atom. The average Bonchev–Trinajstić information content (AvgIpc) is 3.02. The molecule has 1 aromatic heterocycles. The second kappa shape index (κ2) is 13.1. The van der Waals surface area contributed by atoms with Gasteiger partial charge in [-0.05, 0) is 54.4 Å². The maximum atomic E-state index is 14.1. The van der Waals surface area contributed by atoms with Crippen LogP contribution < -0.4 is 25.2 Å². The van der Waals surface area contributed by atoms with Crippen LogP contribution in [-0.4, -0.2) is 61.2 Å². The zero-order valence-electron chi connectivity index (χ0n) is 23.5. The van der Waals surface area contributed by atoms with E-state index in [1.807, 2.05) is 61.5 Å². The first-order chi connectivity index (χ1) is 20.0. The number of anilines is 2. The highest BCUT2D eigenvalue weighted by Crippen LogP contribution is 2.30. The maximum absolute atomic E-state index is 14.1. The summed E-state index contributed by atoms with van der Waals surface area (Å²) >= 11 is 1.29. The molecule has 3 aromatic carbocycles. The number of rotatable bonds is 10. The fourth-order valence-electron chi connectivity index (χ4n) is 4.76. The fourth-order valence-corrected chi connectivity index (χ4v) is 5.77. The summed E-state index contributed by atoms with van der Waals surface area (Å²) in [6.07, 6.45) is 0.540. The molecule has 5 rings (SSSR count). The molecule has 0 saturated carbocycles. The molecule has 1 aliphatic heterocycles. The van der Waals surface area contributed by atoms with Crippen LogP contribution in [0.3, 0.4) is 0 Å². The lowest BCUT2D eigenvalue weighted by Gasteiger charge is -2.29. The molecule has 41 heavy (non-hydrogen) atoms. The molecule has 1 amide bonds. The Bertz CT molecular complexity index is 1570. The van der Waals surface area contributed by atoms with Gasteiger partial charge in [0.25, 0.3) is 5.56 Å². The number of ether oxygens (including phenoxy) is 3. The third-order valence-electron chi connectivity index (χ3n) is 7.05. The highest BCUT2D eigenvalue weighted by molar-refractivity contribution is 8.00. The molecule has 10 heteroatoms. The molecule has 0 radical (unpaired) electrons. The molecule has 4 aromatic rings. The van der Waals surface area contributed by atoms with E-state index in [0.29, 0.717) is 53.7 Å². The number of hydrogen-bond acceptors (Lipinski definition) is 8. The van der Waals surface area contributed by atoms with Crippen LogP contribution in [0.15, 0.2) is 76.7 Å². The number of para-hydroxylation sites is 2. The van der Waals surface area contributed by atoms with Gasteiger partial charge in [-0.25, -0.2) is 4.98 Å². The lowest BCUT2D eigenvalue weighted by Crippen LogP contribution is -2.36. The van der Waals surface area contributed by atoms with E-state index in [0.717, 1.165) is 30.1 Å². The lowest BCUT2D eigenvalue weighted by atomic mass is 10.2. The van der Waals surface area contributed by atoms with Crippen molar-refractivity contribution in [3.63, 3.8) is 0 Å². The second-order valence-corrected chi connectivity index (χ2v) is 10.8. The van der Waals surface area contributed by atoms with Crippen molar-refractivity contribution >= 4 is 39.9 Å². The van der Waals surface area contributed by atoms with Gasteiger partial charge in [0.2, 0.25) is 5.91 Å². The SMILES string of the molecule is CCC(Sc1nc2ccc(N3CCOCC3)cc2c(=O)n1Cc1ccc(OC)cc1)C(=O)Nc1ccccc1OC. The van der Waals surface area contributed by atoms with E-state index in [4.69, 9.17) is 19.2 Å². The summed E-state index contributed by atoms with van der Waals surface area (Å²) in [5.74, 6) is 1.13. The Kier molecular flexibility index (Phi) is 9.11. The number of nitrogens with one attached hydrogen (secondary N) is 1.